The Kier molecular flexibility index (Phi) is 3.16. The van der Waals surface area contributed by atoms with Gasteiger partial charge in [-0.3, -0.25) is 4.98 Å². The molecule has 2 heterocycles. The molecule has 2 aromatic heterocycles. The largest absolute Gasteiger partial charge is 0.264 e. The van der Waals surface area contributed by atoms with Crippen LogP contribution in [0.15, 0.2) is 54.9 Å². The summed E-state index contributed by atoms with van der Waals surface area (Å²) >= 11 is 5.97. The minimum Gasteiger partial charge on any atom is -0.264 e. The molecule has 19 heavy (non-hydrogen) atoms. The Morgan fingerprint density at radius 3 is 2.11 bits per heavy atom. The van der Waals surface area contributed by atoms with E-state index in [4.69, 9.17) is 11.6 Å². The quantitative estimate of drug-likeness (QED) is 0.716. The van der Waals surface area contributed by atoms with Crippen LogP contribution in [0.4, 0.5) is 0 Å². The van der Waals surface area contributed by atoms with E-state index < -0.39 is 0 Å². The second kappa shape index (κ2) is 5.12. The van der Waals surface area contributed by atoms with Crippen LogP contribution < -0.4 is 0 Å². The summed E-state index contributed by atoms with van der Waals surface area (Å²) in [5.41, 5.74) is 1.71. The lowest BCUT2D eigenvalue weighted by atomic mass is 10.2. The normalized spacial score (nSPS) is 10.4. The first-order chi connectivity index (χ1) is 9.33. The summed E-state index contributed by atoms with van der Waals surface area (Å²) in [6.45, 7) is 0. The summed E-state index contributed by atoms with van der Waals surface area (Å²) in [6, 6.07) is 13.4. The third-order valence-electron chi connectivity index (χ3n) is 2.56. The number of halogens is 1. The van der Waals surface area contributed by atoms with Crippen molar-refractivity contribution in [1.82, 2.24) is 19.9 Å². The van der Waals surface area contributed by atoms with Gasteiger partial charge in [0.1, 0.15) is 0 Å². The van der Waals surface area contributed by atoms with Gasteiger partial charge in [-0.2, -0.15) is 9.97 Å². The molecule has 1 aromatic carbocycles. The summed E-state index contributed by atoms with van der Waals surface area (Å²) in [4.78, 5) is 16.8. The summed E-state index contributed by atoms with van der Waals surface area (Å²) in [6.07, 6.45) is 3.39. The van der Waals surface area contributed by atoms with Gasteiger partial charge >= 0.3 is 0 Å². The number of benzene rings is 1. The molecule has 4 nitrogen and oxygen atoms in total. The SMILES string of the molecule is Clc1nc(-c2ccccc2)nc(-c2cccnc2)n1. The summed E-state index contributed by atoms with van der Waals surface area (Å²) in [5.74, 6) is 1.08. The van der Waals surface area contributed by atoms with Gasteiger partial charge in [-0.1, -0.05) is 30.3 Å². The zero-order valence-electron chi connectivity index (χ0n) is 9.86. The fourth-order valence-electron chi connectivity index (χ4n) is 1.69. The first-order valence-electron chi connectivity index (χ1n) is 5.70. The molecule has 0 N–H and O–H groups in total. The Hall–Kier alpha value is -2.33. The lowest BCUT2D eigenvalue weighted by Gasteiger charge is -2.04. The zero-order chi connectivity index (χ0) is 13.1. The van der Waals surface area contributed by atoms with Crippen LogP contribution in [0.3, 0.4) is 0 Å². The molecule has 0 unspecified atom stereocenters. The van der Waals surface area contributed by atoms with Gasteiger partial charge in [0.2, 0.25) is 5.28 Å². The highest BCUT2D eigenvalue weighted by Gasteiger charge is 2.08. The highest BCUT2D eigenvalue weighted by Crippen LogP contribution is 2.20. The topological polar surface area (TPSA) is 51.6 Å². The van der Waals surface area contributed by atoms with Gasteiger partial charge in [0.15, 0.2) is 11.6 Å². The van der Waals surface area contributed by atoms with Crippen LogP contribution in [-0.4, -0.2) is 19.9 Å². The molecule has 0 aliphatic carbocycles. The van der Waals surface area contributed by atoms with E-state index in [1.807, 2.05) is 42.5 Å². The van der Waals surface area contributed by atoms with E-state index in [0.717, 1.165) is 11.1 Å². The van der Waals surface area contributed by atoms with E-state index >= 15 is 0 Å². The fourth-order valence-corrected chi connectivity index (χ4v) is 1.85. The van der Waals surface area contributed by atoms with Crippen LogP contribution in [0.5, 0.6) is 0 Å². The molecular weight excluding hydrogens is 260 g/mol. The summed E-state index contributed by atoms with van der Waals surface area (Å²) < 4.78 is 0. The van der Waals surface area contributed by atoms with Crippen LogP contribution in [0, 0.1) is 0 Å². The molecule has 0 fully saturated rings. The number of rotatable bonds is 2. The molecule has 3 rings (SSSR count). The summed E-state index contributed by atoms with van der Waals surface area (Å²) in [7, 11) is 0. The van der Waals surface area contributed by atoms with Crippen LogP contribution >= 0.6 is 11.6 Å². The van der Waals surface area contributed by atoms with Crippen LogP contribution in [0.1, 0.15) is 0 Å². The van der Waals surface area contributed by atoms with Crippen molar-refractivity contribution in [2.75, 3.05) is 0 Å². The van der Waals surface area contributed by atoms with Crippen molar-refractivity contribution in [3.63, 3.8) is 0 Å². The second-order valence-corrected chi connectivity index (χ2v) is 4.20. The number of aromatic nitrogens is 4. The lowest BCUT2D eigenvalue weighted by Crippen LogP contribution is -1.97. The monoisotopic (exact) mass is 268 g/mol. The first-order valence-corrected chi connectivity index (χ1v) is 6.08. The molecular formula is C14H9ClN4. The Labute approximate surface area is 115 Å². The number of pyridine rings is 1. The minimum absolute atomic E-state index is 0.174. The van der Waals surface area contributed by atoms with Crippen molar-refractivity contribution in [3.05, 3.63) is 60.1 Å². The molecule has 0 amide bonds. The van der Waals surface area contributed by atoms with E-state index in [-0.39, 0.29) is 5.28 Å². The molecule has 3 aromatic rings. The molecule has 0 saturated carbocycles. The Morgan fingerprint density at radius 2 is 1.42 bits per heavy atom. The molecule has 5 heteroatoms. The fraction of sp³-hybridized carbons (Fsp3) is 0. The number of hydrogen-bond acceptors (Lipinski definition) is 4. The van der Waals surface area contributed by atoms with Crippen molar-refractivity contribution in [3.8, 4) is 22.8 Å². The average Bonchev–Trinajstić information content (AvgIpc) is 2.48. The molecule has 0 spiro atoms. The maximum atomic E-state index is 5.97. The maximum Gasteiger partial charge on any atom is 0.226 e. The van der Waals surface area contributed by atoms with Crippen LogP contribution in [-0.2, 0) is 0 Å². The lowest BCUT2D eigenvalue weighted by molar-refractivity contribution is 1.06. The average molecular weight is 269 g/mol. The highest BCUT2D eigenvalue weighted by molar-refractivity contribution is 6.28. The van der Waals surface area contributed by atoms with Crippen LogP contribution in [0.2, 0.25) is 5.28 Å². The van der Waals surface area contributed by atoms with E-state index in [0.29, 0.717) is 11.6 Å². The Morgan fingerprint density at radius 1 is 0.737 bits per heavy atom. The minimum atomic E-state index is 0.174. The van der Waals surface area contributed by atoms with E-state index in [1.165, 1.54) is 0 Å². The van der Waals surface area contributed by atoms with Crippen molar-refractivity contribution in [1.29, 1.82) is 0 Å². The molecule has 0 aliphatic rings. The van der Waals surface area contributed by atoms with Gasteiger partial charge in [0.05, 0.1) is 0 Å². The molecule has 92 valence electrons. The Bertz CT molecular complexity index is 629. The van der Waals surface area contributed by atoms with Gasteiger partial charge in [-0.25, -0.2) is 4.98 Å². The van der Waals surface area contributed by atoms with Crippen molar-refractivity contribution in [2.45, 2.75) is 0 Å². The molecule has 0 bridgehead atoms. The Balaban J connectivity index is 2.12. The van der Waals surface area contributed by atoms with Gasteiger partial charge < -0.3 is 0 Å². The number of hydrogen-bond donors (Lipinski definition) is 0. The predicted molar refractivity (Wildman–Crippen MR) is 73.5 cm³/mol. The van der Waals surface area contributed by atoms with E-state index in [9.17, 15) is 0 Å². The molecule has 0 atom stereocenters. The van der Waals surface area contributed by atoms with Crippen molar-refractivity contribution in [2.24, 2.45) is 0 Å². The molecule has 0 saturated heterocycles. The number of nitrogens with zero attached hydrogens (tertiary/aromatic N) is 4. The second-order valence-electron chi connectivity index (χ2n) is 3.86. The van der Waals surface area contributed by atoms with Crippen molar-refractivity contribution >= 4 is 11.6 Å². The third-order valence-corrected chi connectivity index (χ3v) is 2.73. The predicted octanol–water partition coefficient (Wildman–Crippen LogP) is 3.25. The maximum absolute atomic E-state index is 5.97. The summed E-state index contributed by atoms with van der Waals surface area (Å²) in [5, 5.41) is 0.174. The van der Waals surface area contributed by atoms with Crippen LogP contribution in [0.25, 0.3) is 22.8 Å². The first kappa shape index (κ1) is 11.7. The molecule has 0 aliphatic heterocycles. The van der Waals surface area contributed by atoms with Crippen molar-refractivity contribution < 1.29 is 0 Å². The van der Waals surface area contributed by atoms with Gasteiger partial charge in [-0.15, -0.1) is 0 Å². The smallest absolute Gasteiger partial charge is 0.226 e. The van der Waals surface area contributed by atoms with E-state index in [1.54, 1.807) is 12.4 Å². The van der Waals surface area contributed by atoms with Gasteiger partial charge in [-0.05, 0) is 23.7 Å². The van der Waals surface area contributed by atoms with E-state index in [2.05, 4.69) is 19.9 Å². The molecule has 0 radical (unpaired) electrons. The highest BCUT2D eigenvalue weighted by atomic mass is 35.5. The standard InChI is InChI=1S/C14H9ClN4/c15-14-18-12(10-5-2-1-3-6-10)17-13(19-14)11-7-4-8-16-9-11/h1-9H. The zero-order valence-corrected chi connectivity index (χ0v) is 10.6. The van der Waals surface area contributed by atoms with Gasteiger partial charge in [0.25, 0.3) is 0 Å². The van der Waals surface area contributed by atoms with Gasteiger partial charge in [0, 0.05) is 23.5 Å². The third kappa shape index (κ3) is 2.58.